The second kappa shape index (κ2) is 7.14. The van der Waals surface area contributed by atoms with Gasteiger partial charge in [0.1, 0.15) is 13.2 Å². The molecule has 0 bridgehead atoms. The highest BCUT2D eigenvalue weighted by Gasteiger charge is 2.13. The number of likely N-dealkylation sites (N-methyl/N-ethyl adjacent to an activating group) is 1. The molecule has 5 nitrogen and oxygen atoms in total. The van der Waals surface area contributed by atoms with E-state index in [9.17, 15) is 4.79 Å². The molecule has 1 aromatic rings. The summed E-state index contributed by atoms with van der Waals surface area (Å²) in [7, 11) is 0. The summed E-state index contributed by atoms with van der Waals surface area (Å²) in [5, 5.41) is 6.01. The van der Waals surface area contributed by atoms with Gasteiger partial charge >= 0.3 is 0 Å². The van der Waals surface area contributed by atoms with Crippen LogP contribution < -0.4 is 20.1 Å². The number of benzene rings is 1. The summed E-state index contributed by atoms with van der Waals surface area (Å²) < 4.78 is 11.0. The summed E-state index contributed by atoms with van der Waals surface area (Å²) >= 11 is 0. The Kier molecular flexibility index (Phi) is 5.24. The van der Waals surface area contributed by atoms with E-state index in [-0.39, 0.29) is 11.9 Å². The van der Waals surface area contributed by atoms with Crippen molar-refractivity contribution in [2.75, 3.05) is 26.3 Å². The Balaban J connectivity index is 1.81. The van der Waals surface area contributed by atoms with Gasteiger partial charge in [0, 0.05) is 6.54 Å². The fraction of sp³-hybridized carbons (Fsp3) is 0.533. The van der Waals surface area contributed by atoms with Crippen molar-refractivity contribution in [3.8, 4) is 11.5 Å². The second-order valence-corrected chi connectivity index (χ2v) is 4.80. The number of fused-ring (bicyclic) bond motifs is 1. The van der Waals surface area contributed by atoms with Crippen molar-refractivity contribution in [2.45, 2.75) is 26.3 Å². The Hall–Kier alpha value is -1.75. The van der Waals surface area contributed by atoms with Crippen LogP contribution in [0.15, 0.2) is 18.2 Å². The third-order valence-electron chi connectivity index (χ3n) is 3.22. The first kappa shape index (κ1) is 14.7. The average Bonchev–Trinajstić information content (AvgIpc) is 2.47. The lowest BCUT2D eigenvalue weighted by atomic mass is 10.1. The molecule has 20 heavy (non-hydrogen) atoms. The number of amides is 1. The summed E-state index contributed by atoms with van der Waals surface area (Å²) in [6, 6.07) is 5.81. The Morgan fingerprint density at radius 2 is 2.05 bits per heavy atom. The number of ether oxygens (including phenoxy) is 2. The minimum absolute atomic E-state index is 0.0367. The van der Waals surface area contributed by atoms with E-state index in [0.717, 1.165) is 24.5 Å². The minimum Gasteiger partial charge on any atom is -0.486 e. The molecule has 1 aromatic carbocycles. The van der Waals surface area contributed by atoms with Crippen molar-refractivity contribution >= 4 is 5.91 Å². The van der Waals surface area contributed by atoms with Crippen LogP contribution in [0.4, 0.5) is 0 Å². The molecular formula is C15H22N2O3. The van der Waals surface area contributed by atoms with E-state index in [1.807, 2.05) is 32.0 Å². The van der Waals surface area contributed by atoms with Gasteiger partial charge in [-0.1, -0.05) is 6.07 Å². The van der Waals surface area contributed by atoms with Gasteiger partial charge in [0.15, 0.2) is 11.5 Å². The van der Waals surface area contributed by atoms with Gasteiger partial charge < -0.3 is 20.1 Å². The van der Waals surface area contributed by atoms with Crippen LogP contribution in [-0.2, 0) is 11.2 Å². The van der Waals surface area contributed by atoms with E-state index >= 15 is 0 Å². The normalized spacial score (nSPS) is 14.7. The number of nitrogens with one attached hydrogen (secondary N) is 2. The molecule has 1 amide bonds. The first-order valence-corrected chi connectivity index (χ1v) is 7.10. The van der Waals surface area contributed by atoms with E-state index in [4.69, 9.17) is 9.47 Å². The number of hydrogen-bond donors (Lipinski definition) is 2. The predicted molar refractivity (Wildman–Crippen MR) is 77.3 cm³/mol. The molecule has 1 atom stereocenters. The molecule has 2 rings (SSSR count). The SMILES string of the molecule is CCNC(=O)C(C)NCCc1ccc2c(c1)OCCO2. The zero-order valence-corrected chi connectivity index (χ0v) is 12.1. The number of carbonyl (C=O) groups is 1. The van der Waals surface area contributed by atoms with Gasteiger partial charge in [-0.05, 0) is 44.5 Å². The quantitative estimate of drug-likeness (QED) is 0.818. The lowest BCUT2D eigenvalue weighted by Gasteiger charge is -2.19. The molecular weight excluding hydrogens is 256 g/mol. The maximum Gasteiger partial charge on any atom is 0.236 e. The fourth-order valence-corrected chi connectivity index (χ4v) is 2.10. The summed E-state index contributed by atoms with van der Waals surface area (Å²) in [6.45, 7) is 6.40. The Bertz CT molecular complexity index is 462. The van der Waals surface area contributed by atoms with Crippen LogP contribution >= 0.6 is 0 Å². The van der Waals surface area contributed by atoms with Gasteiger partial charge in [-0.3, -0.25) is 4.79 Å². The summed E-state index contributed by atoms with van der Waals surface area (Å²) in [6.07, 6.45) is 0.848. The lowest BCUT2D eigenvalue weighted by Crippen LogP contribution is -2.42. The van der Waals surface area contributed by atoms with Crippen molar-refractivity contribution < 1.29 is 14.3 Å². The molecule has 0 aliphatic carbocycles. The van der Waals surface area contributed by atoms with Gasteiger partial charge in [0.05, 0.1) is 6.04 Å². The molecule has 5 heteroatoms. The smallest absolute Gasteiger partial charge is 0.236 e. The maximum atomic E-state index is 11.6. The van der Waals surface area contributed by atoms with E-state index in [2.05, 4.69) is 10.6 Å². The van der Waals surface area contributed by atoms with Crippen LogP contribution in [0.3, 0.4) is 0 Å². The molecule has 0 saturated carbocycles. The molecule has 0 spiro atoms. The zero-order valence-electron chi connectivity index (χ0n) is 12.1. The Labute approximate surface area is 119 Å². The monoisotopic (exact) mass is 278 g/mol. The molecule has 1 aliphatic rings. The summed E-state index contributed by atoms with van der Waals surface area (Å²) in [5.74, 6) is 1.66. The Morgan fingerprint density at radius 1 is 1.30 bits per heavy atom. The highest BCUT2D eigenvalue weighted by molar-refractivity contribution is 5.81. The molecule has 2 N–H and O–H groups in total. The van der Waals surface area contributed by atoms with Crippen LogP contribution in [-0.4, -0.2) is 38.3 Å². The summed E-state index contributed by atoms with van der Waals surface area (Å²) in [5.41, 5.74) is 1.17. The topological polar surface area (TPSA) is 59.6 Å². The molecule has 0 saturated heterocycles. The zero-order chi connectivity index (χ0) is 14.4. The number of hydrogen-bond acceptors (Lipinski definition) is 4. The number of rotatable bonds is 6. The first-order valence-electron chi connectivity index (χ1n) is 7.10. The first-order chi connectivity index (χ1) is 9.70. The van der Waals surface area contributed by atoms with Gasteiger partial charge in [-0.15, -0.1) is 0 Å². The highest BCUT2D eigenvalue weighted by atomic mass is 16.6. The van der Waals surface area contributed by atoms with Crippen LogP contribution in [0.1, 0.15) is 19.4 Å². The van der Waals surface area contributed by atoms with Crippen molar-refractivity contribution in [3.63, 3.8) is 0 Å². The standard InChI is InChI=1S/C15H22N2O3/c1-3-16-15(18)11(2)17-7-6-12-4-5-13-14(10-12)20-9-8-19-13/h4-5,10-11,17H,3,6-9H2,1-2H3,(H,16,18). The molecule has 0 aromatic heterocycles. The van der Waals surface area contributed by atoms with Gasteiger partial charge in [0.25, 0.3) is 0 Å². The van der Waals surface area contributed by atoms with E-state index in [1.165, 1.54) is 5.56 Å². The van der Waals surface area contributed by atoms with Crippen LogP contribution in [0.5, 0.6) is 11.5 Å². The van der Waals surface area contributed by atoms with Crippen molar-refractivity contribution in [1.29, 1.82) is 0 Å². The van der Waals surface area contributed by atoms with E-state index in [0.29, 0.717) is 19.8 Å². The highest BCUT2D eigenvalue weighted by Crippen LogP contribution is 2.30. The van der Waals surface area contributed by atoms with E-state index in [1.54, 1.807) is 0 Å². The molecule has 110 valence electrons. The van der Waals surface area contributed by atoms with Crippen LogP contribution in [0.2, 0.25) is 0 Å². The minimum atomic E-state index is -0.174. The predicted octanol–water partition coefficient (Wildman–Crippen LogP) is 1.11. The van der Waals surface area contributed by atoms with E-state index < -0.39 is 0 Å². The van der Waals surface area contributed by atoms with Gasteiger partial charge in [-0.2, -0.15) is 0 Å². The number of carbonyl (C=O) groups excluding carboxylic acids is 1. The van der Waals surface area contributed by atoms with Gasteiger partial charge in [0.2, 0.25) is 5.91 Å². The third kappa shape index (κ3) is 3.87. The molecule has 0 radical (unpaired) electrons. The Morgan fingerprint density at radius 3 is 2.80 bits per heavy atom. The molecule has 1 heterocycles. The van der Waals surface area contributed by atoms with Gasteiger partial charge in [-0.25, -0.2) is 0 Å². The third-order valence-corrected chi connectivity index (χ3v) is 3.22. The molecule has 0 fully saturated rings. The fourth-order valence-electron chi connectivity index (χ4n) is 2.10. The largest absolute Gasteiger partial charge is 0.486 e. The second-order valence-electron chi connectivity index (χ2n) is 4.80. The molecule has 1 unspecified atom stereocenters. The van der Waals surface area contributed by atoms with Crippen LogP contribution in [0.25, 0.3) is 0 Å². The molecule has 1 aliphatic heterocycles. The average molecular weight is 278 g/mol. The van der Waals surface area contributed by atoms with Crippen molar-refractivity contribution in [1.82, 2.24) is 10.6 Å². The van der Waals surface area contributed by atoms with Crippen LogP contribution in [0, 0.1) is 0 Å². The lowest BCUT2D eigenvalue weighted by molar-refractivity contribution is -0.122. The van der Waals surface area contributed by atoms with Crippen molar-refractivity contribution in [3.05, 3.63) is 23.8 Å². The van der Waals surface area contributed by atoms with Crippen molar-refractivity contribution in [2.24, 2.45) is 0 Å². The summed E-state index contributed by atoms with van der Waals surface area (Å²) in [4.78, 5) is 11.6. The maximum absolute atomic E-state index is 11.6.